The standard InChI is InChI=1S/C38H26N2O4/c41-36-34(37(42)40(30-18-5-2-6-19-30)38(43)39(36)29-16-3-1-4-17-29)24-33-32-21-10-8-13-27(32)22-23-35(33)44-25-28-15-11-14-26-12-7-9-20-31(26)28/h1-24H,25H2. The lowest BCUT2D eigenvalue weighted by Gasteiger charge is -2.34. The average molecular weight is 575 g/mol. The molecule has 1 aliphatic rings. The molecule has 6 nitrogen and oxygen atoms in total. The van der Waals surface area contributed by atoms with Crippen molar-refractivity contribution in [3.05, 3.63) is 156 Å². The topological polar surface area (TPSA) is 66.9 Å². The highest BCUT2D eigenvalue weighted by atomic mass is 16.5. The lowest BCUT2D eigenvalue weighted by molar-refractivity contribution is -0.121. The molecule has 0 unspecified atom stereocenters. The van der Waals surface area contributed by atoms with Gasteiger partial charge in [-0.3, -0.25) is 9.59 Å². The maximum absolute atomic E-state index is 14.0. The molecular formula is C38H26N2O4. The van der Waals surface area contributed by atoms with E-state index in [0.29, 0.717) is 22.7 Å². The Morgan fingerprint density at radius 3 is 1.68 bits per heavy atom. The summed E-state index contributed by atoms with van der Waals surface area (Å²) in [5.74, 6) is -0.892. The summed E-state index contributed by atoms with van der Waals surface area (Å²) in [5.41, 5.74) is 2.18. The van der Waals surface area contributed by atoms with Crippen LogP contribution in [0, 0.1) is 0 Å². The molecule has 1 fully saturated rings. The van der Waals surface area contributed by atoms with Crippen LogP contribution in [0.15, 0.2) is 145 Å². The van der Waals surface area contributed by atoms with E-state index in [1.165, 1.54) is 0 Å². The van der Waals surface area contributed by atoms with Crippen LogP contribution < -0.4 is 14.5 Å². The van der Waals surface area contributed by atoms with Gasteiger partial charge in [0.15, 0.2) is 0 Å². The van der Waals surface area contributed by atoms with E-state index in [-0.39, 0.29) is 12.2 Å². The second kappa shape index (κ2) is 11.3. The predicted octanol–water partition coefficient (Wildman–Crippen LogP) is 8.16. The Hall–Kier alpha value is -6.01. The van der Waals surface area contributed by atoms with Crippen LogP contribution in [0.1, 0.15) is 11.1 Å². The van der Waals surface area contributed by atoms with Crippen LogP contribution in [0.3, 0.4) is 0 Å². The van der Waals surface area contributed by atoms with Crippen LogP contribution in [-0.4, -0.2) is 17.8 Å². The second-order valence-electron chi connectivity index (χ2n) is 10.4. The quantitative estimate of drug-likeness (QED) is 0.149. The Morgan fingerprint density at radius 2 is 1.05 bits per heavy atom. The molecule has 1 saturated heterocycles. The number of benzene rings is 6. The number of rotatable bonds is 6. The first-order valence-corrected chi connectivity index (χ1v) is 14.3. The number of carbonyl (C=O) groups is 3. The minimum Gasteiger partial charge on any atom is -0.488 e. The number of anilines is 2. The van der Waals surface area contributed by atoms with E-state index in [9.17, 15) is 14.4 Å². The highest BCUT2D eigenvalue weighted by molar-refractivity contribution is 6.46. The molecule has 44 heavy (non-hydrogen) atoms. The third-order valence-corrected chi connectivity index (χ3v) is 7.76. The van der Waals surface area contributed by atoms with Gasteiger partial charge in [0, 0.05) is 5.56 Å². The number of imide groups is 2. The molecule has 1 heterocycles. The van der Waals surface area contributed by atoms with Gasteiger partial charge >= 0.3 is 6.03 Å². The molecule has 0 aliphatic carbocycles. The van der Waals surface area contributed by atoms with E-state index in [4.69, 9.17) is 4.74 Å². The Kier molecular flexibility index (Phi) is 6.93. The van der Waals surface area contributed by atoms with Crippen molar-refractivity contribution in [3.63, 3.8) is 0 Å². The van der Waals surface area contributed by atoms with Crippen LogP contribution in [0.4, 0.5) is 16.2 Å². The highest BCUT2D eigenvalue weighted by Crippen LogP contribution is 2.35. The summed E-state index contributed by atoms with van der Waals surface area (Å²) in [6.45, 7) is 0.280. The van der Waals surface area contributed by atoms with Crippen LogP contribution in [0.5, 0.6) is 5.75 Å². The molecule has 0 aromatic heterocycles. The van der Waals surface area contributed by atoms with Crippen molar-refractivity contribution in [2.45, 2.75) is 6.61 Å². The molecule has 0 spiro atoms. The summed E-state index contributed by atoms with van der Waals surface area (Å²) >= 11 is 0. The molecule has 212 valence electrons. The van der Waals surface area contributed by atoms with Crippen LogP contribution in [0.25, 0.3) is 27.6 Å². The van der Waals surface area contributed by atoms with Crippen molar-refractivity contribution in [2.75, 3.05) is 9.80 Å². The Labute approximate surface area is 254 Å². The number of hydrogen-bond acceptors (Lipinski definition) is 4. The van der Waals surface area contributed by atoms with Gasteiger partial charge in [0.1, 0.15) is 17.9 Å². The molecule has 6 aromatic carbocycles. The van der Waals surface area contributed by atoms with E-state index in [0.717, 1.165) is 36.9 Å². The summed E-state index contributed by atoms with van der Waals surface area (Å²) in [7, 11) is 0. The fourth-order valence-electron chi connectivity index (χ4n) is 5.61. The van der Waals surface area contributed by atoms with Gasteiger partial charge in [-0.15, -0.1) is 0 Å². The fourth-order valence-corrected chi connectivity index (χ4v) is 5.61. The molecule has 0 atom stereocenters. The second-order valence-corrected chi connectivity index (χ2v) is 10.4. The van der Waals surface area contributed by atoms with Gasteiger partial charge in [-0.1, -0.05) is 109 Å². The number of fused-ring (bicyclic) bond motifs is 2. The van der Waals surface area contributed by atoms with E-state index in [1.807, 2.05) is 60.7 Å². The number of hydrogen-bond donors (Lipinski definition) is 0. The molecule has 0 bridgehead atoms. The molecular weight excluding hydrogens is 548 g/mol. The van der Waals surface area contributed by atoms with Crippen molar-refractivity contribution in [1.29, 1.82) is 0 Å². The number of ether oxygens (including phenoxy) is 1. The van der Waals surface area contributed by atoms with Gasteiger partial charge in [-0.05, 0) is 63.5 Å². The number of nitrogens with zero attached hydrogens (tertiary/aromatic N) is 2. The molecule has 7 rings (SSSR count). The highest BCUT2D eigenvalue weighted by Gasteiger charge is 2.43. The predicted molar refractivity (Wildman–Crippen MR) is 173 cm³/mol. The van der Waals surface area contributed by atoms with Crippen molar-refractivity contribution >= 4 is 56.8 Å². The van der Waals surface area contributed by atoms with Crippen molar-refractivity contribution in [2.24, 2.45) is 0 Å². The number of urea groups is 1. The zero-order valence-electron chi connectivity index (χ0n) is 23.6. The van der Waals surface area contributed by atoms with E-state index >= 15 is 0 Å². The fraction of sp³-hybridized carbons (Fsp3) is 0.0263. The SMILES string of the molecule is O=C1C(=Cc2c(OCc3cccc4ccccc34)ccc3ccccc23)C(=O)N(c2ccccc2)C(=O)N1c1ccccc1. The normalized spacial score (nSPS) is 13.5. The van der Waals surface area contributed by atoms with E-state index < -0.39 is 17.8 Å². The summed E-state index contributed by atoms with van der Waals surface area (Å²) < 4.78 is 6.43. The monoisotopic (exact) mass is 574 g/mol. The Balaban J connectivity index is 1.37. The molecule has 4 amide bonds. The molecule has 0 saturated carbocycles. The largest absolute Gasteiger partial charge is 0.488 e. The number of para-hydroxylation sites is 2. The molecule has 6 aromatic rings. The summed E-state index contributed by atoms with van der Waals surface area (Å²) in [4.78, 5) is 43.9. The molecule has 0 radical (unpaired) electrons. The van der Waals surface area contributed by atoms with Gasteiger partial charge in [0.2, 0.25) is 0 Å². The molecule has 1 aliphatic heterocycles. The van der Waals surface area contributed by atoms with Gasteiger partial charge in [0.25, 0.3) is 11.8 Å². The van der Waals surface area contributed by atoms with Crippen LogP contribution >= 0.6 is 0 Å². The first kappa shape index (κ1) is 26.9. The maximum Gasteiger partial charge on any atom is 0.343 e. The lowest BCUT2D eigenvalue weighted by Crippen LogP contribution is -2.57. The van der Waals surface area contributed by atoms with Crippen LogP contribution in [-0.2, 0) is 16.2 Å². The maximum atomic E-state index is 14.0. The van der Waals surface area contributed by atoms with Crippen LogP contribution in [0.2, 0.25) is 0 Å². The van der Waals surface area contributed by atoms with Crippen molar-refractivity contribution < 1.29 is 19.1 Å². The molecule has 0 N–H and O–H groups in total. The van der Waals surface area contributed by atoms with Crippen molar-refractivity contribution in [1.82, 2.24) is 0 Å². The third kappa shape index (κ3) is 4.78. The summed E-state index contributed by atoms with van der Waals surface area (Å²) in [6.07, 6.45) is 1.56. The Morgan fingerprint density at radius 1 is 0.523 bits per heavy atom. The van der Waals surface area contributed by atoms with E-state index in [1.54, 1.807) is 66.7 Å². The third-order valence-electron chi connectivity index (χ3n) is 7.76. The number of barbiturate groups is 1. The summed E-state index contributed by atoms with van der Waals surface area (Å²) in [5, 5.41) is 3.93. The smallest absolute Gasteiger partial charge is 0.343 e. The Bertz CT molecular complexity index is 2020. The summed E-state index contributed by atoms with van der Waals surface area (Å²) in [6, 6.07) is 42.2. The average Bonchev–Trinajstić information content (AvgIpc) is 3.07. The molecule has 6 heteroatoms. The first-order chi connectivity index (χ1) is 21.6. The number of amides is 4. The lowest BCUT2D eigenvalue weighted by atomic mass is 9.99. The first-order valence-electron chi connectivity index (χ1n) is 14.3. The van der Waals surface area contributed by atoms with Gasteiger partial charge in [-0.2, -0.15) is 0 Å². The minimum absolute atomic E-state index is 0.149. The van der Waals surface area contributed by atoms with Gasteiger partial charge in [0.05, 0.1) is 11.4 Å². The van der Waals surface area contributed by atoms with Gasteiger partial charge < -0.3 is 4.74 Å². The van der Waals surface area contributed by atoms with Crippen molar-refractivity contribution in [3.8, 4) is 5.75 Å². The number of carbonyl (C=O) groups excluding carboxylic acids is 3. The minimum atomic E-state index is -0.736. The zero-order chi connectivity index (χ0) is 30.0. The zero-order valence-corrected chi connectivity index (χ0v) is 23.6. The van der Waals surface area contributed by atoms with Gasteiger partial charge in [-0.25, -0.2) is 14.6 Å². The van der Waals surface area contributed by atoms with E-state index in [2.05, 4.69) is 18.2 Å².